The van der Waals surface area contributed by atoms with Gasteiger partial charge in [0.2, 0.25) is 17.7 Å². The number of hydrogen-bond acceptors (Lipinski definition) is 9. The van der Waals surface area contributed by atoms with E-state index in [4.69, 9.17) is 4.74 Å². The number of alkyl halides is 3. The van der Waals surface area contributed by atoms with Crippen LogP contribution in [0.2, 0.25) is 0 Å². The highest BCUT2D eigenvalue weighted by Crippen LogP contribution is 2.54. The summed E-state index contributed by atoms with van der Waals surface area (Å²) >= 11 is 1.87. The van der Waals surface area contributed by atoms with Crippen LogP contribution in [-0.2, 0) is 31.8 Å². The fraction of sp³-hybridized carbons (Fsp3) is 0.265. The molecule has 6 rings (SSSR count). The zero-order valence-electron chi connectivity index (χ0n) is 26.3. The molecule has 3 aromatic carbocycles. The molecule has 1 saturated heterocycles. The zero-order chi connectivity index (χ0) is 35.2. The minimum absolute atomic E-state index is 0.0928. The van der Waals surface area contributed by atoms with Crippen molar-refractivity contribution >= 4 is 63.9 Å². The number of carbonyl (C=O) groups is 4. The Labute approximate surface area is 286 Å². The van der Waals surface area contributed by atoms with E-state index in [1.54, 1.807) is 6.92 Å². The first kappa shape index (κ1) is 34.0. The third-order valence-corrected chi connectivity index (χ3v) is 10.8. The highest BCUT2D eigenvalue weighted by Gasteiger charge is 2.56. The number of aromatic nitrogens is 1. The number of esters is 1. The van der Waals surface area contributed by atoms with Crippen LogP contribution >= 0.6 is 23.1 Å². The van der Waals surface area contributed by atoms with Crippen molar-refractivity contribution in [3.8, 4) is 0 Å². The number of hydrogen-bond donors (Lipinski definition) is 1. The Morgan fingerprint density at radius 1 is 0.959 bits per heavy atom. The number of imide groups is 1. The Kier molecular flexibility index (Phi) is 9.15. The molecule has 0 spiro atoms. The molecule has 0 saturated carbocycles. The Bertz CT molecular complexity index is 2010. The van der Waals surface area contributed by atoms with Crippen LogP contribution in [0.5, 0.6) is 0 Å². The second kappa shape index (κ2) is 13.2. The van der Waals surface area contributed by atoms with E-state index in [0.717, 1.165) is 51.9 Å². The minimum atomic E-state index is -4.61. The summed E-state index contributed by atoms with van der Waals surface area (Å²) in [7, 11) is 3.75. The Hall–Kier alpha value is -4.89. The van der Waals surface area contributed by atoms with Gasteiger partial charge in [-0.25, -0.2) is 9.69 Å². The van der Waals surface area contributed by atoms with Crippen LogP contribution in [0.1, 0.15) is 39.2 Å². The number of fused-ring (bicyclic) bond motifs is 2. The lowest BCUT2D eigenvalue weighted by Crippen LogP contribution is -2.33. The average molecular weight is 711 g/mol. The van der Waals surface area contributed by atoms with Gasteiger partial charge >= 0.3 is 17.0 Å². The summed E-state index contributed by atoms with van der Waals surface area (Å²) in [6, 6.07) is 17.5. The summed E-state index contributed by atoms with van der Waals surface area (Å²) in [6.45, 7) is 1.33. The maximum absolute atomic E-state index is 14.2. The lowest BCUT2D eigenvalue weighted by atomic mass is 9.83. The number of nitrogens with one attached hydrogen (secondary N) is 1. The molecule has 3 heterocycles. The van der Waals surface area contributed by atoms with Gasteiger partial charge in [-0.05, 0) is 67.1 Å². The number of carbonyl (C=O) groups excluding carboxylic acids is 4. The van der Waals surface area contributed by atoms with Gasteiger partial charge < -0.3 is 15.0 Å². The summed E-state index contributed by atoms with van der Waals surface area (Å²) in [4.78, 5) is 69.9. The van der Waals surface area contributed by atoms with Crippen molar-refractivity contribution in [2.24, 2.45) is 5.92 Å². The van der Waals surface area contributed by atoms with Gasteiger partial charge in [0, 0.05) is 36.3 Å². The van der Waals surface area contributed by atoms with E-state index in [1.165, 1.54) is 34.9 Å². The molecule has 15 heteroatoms. The van der Waals surface area contributed by atoms with Crippen molar-refractivity contribution < 1.29 is 37.1 Å². The molecule has 4 aromatic rings. The van der Waals surface area contributed by atoms with Crippen molar-refractivity contribution in [1.29, 1.82) is 0 Å². The lowest BCUT2D eigenvalue weighted by Gasteiger charge is -2.31. The number of amides is 3. The Morgan fingerprint density at radius 3 is 2.29 bits per heavy atom. The number of benzene rings is 3. The zero-order valence-corrected chi connectivity index (χ0v) is 27.9. The quantitative estimate of drug-likeness (QED) is 0.186. The minimum Gasteiger partial charge on any atom is -0.462 e. The first-order valence-corrected chi connectivity index (χ1v) is 16.8. The molecule has 1 N–H and O–H groups in total. The summed E-state index contributed by atoms with van der Waals surface area (Å²) in [5, 5.41) is 1.80. The van der Waals surface area contributed by atoms with E-state index in [1.807, 2.05) is 43.3 Å². The first-order chi connectivity index (χ1) is 23.3. The summed E-state index contributed by atoms with van der Waals surface area (Å²) in [5.41, 5.74) is 1.06. The van der Waals surface area contributed by atoms with E-state index >= 15 is 0 Å². The number of thiazole rings is 1. The molecular formula is C34H29F3N4O6S2. The fourth-order valence-electron chi connectivity index (χ4n) is 5.93. The number of thioether (sulfide) groups is 1. The molecule has 254 valence electrons. The van der Waals surface area contributed by atoms with E-state index in [0.29, 0.717) is 15.5 Å². The van der Waals surface area contributed by atoms with E-state index in [9.17, 15) is 37.1 Å². The molecule has 3 amide bonds. The summed E-state index contributed by atoms with van der Waals surface area (Å²) < 4.78 is 45.9. The van der Waals surface area contributed by atoms with Crippen molar-refractivity contribution in [2.45, 2.75) is 35.8 Å². The van der Waals surface area contributed by atoms with Crippen LogP contribution in [-0.4, -0.2) is 54.2 Å². The van der Waals surface area contributed by atoms with Gasteiger partial charge in [-0.3, -0.25) is 23.7 Å². The highest BCUT2D eigenvalue weighted by atomic mass is 32.2. The van der Waals surface area contributed by atoms with Crippen molar-refractivity contribution in [1.82, 2.24) is 4.57 Å². The molecule has 10 nitrogen and oxygen atoms in total. The van der Waals surface area contributed by atoms with Crippen LogP contribution in [0.4, 0.5) is 30.2 Å². The average Bonchev–Trinajstić information content (AvgIpc) is 3.50. The van der Waals surface area contributed by atoms with Gasteiger partial charge in [-0.2, -0.15) is 13.2 Å². The number of nitrogens with zero attached hydrogens (tertiary/aromatic N) is 3. The summed E-state index contributed by atoms with van der Waals surface area (Å²) in [5.74, 6) is -3.91. The lowest BCUT2D eigenvalue weighted by molar-refractivity contribution is -0.137. The number of anilines is 3. The second-order valence-electron chi connectivity index (χ2n) is 11.6. The number of halogens is 3. The monoisotopic (exact) mass is 710 g/mol. The van der Waals surface area contributed by atoms with Crippen molar-refractivity contribution in [2.75, 3.05) is 35.8 Å². The van der Waals surface area contributed by atoms with Crippen molar-refractivity contribution in [3.63, 3.8) is 0 Å². The number of rotatable bonds is 8. The van der Waals surface area contributed by atoms with E-state index in [2.05, 4.69) is 5.32 Å². The van der Waals surface area contributed by atoms with E-state index in [-0.39, 0.29) is 23.5 Å². The SMILES string of the molecule is CCOC(=O)c1ccc(N2C(=O)[C@H]3[C@H](c4ccc(N(C)C)cc4)c4sc(=O)n(CC(=O)Nc5cccc(C(F)(F)F)c5)c4S[C@H]3C2=O)cc1. The van der Waals surface area contributed by atoms with E-state index < -0.39 is 63.9 Å². The third kappa shape index (κ3) is 6.47. The smallest absolute Gasteiger partial charge is 0.416 e. The molecular weight excluding hydrogens is 682 g/mol. The highest BCUT2D eigenvalue weighted by molar-refractivity contribution is 8.00. The van der Waals surface area contributed by atoms with Gasteiger partial charge in [-0.1, -0.05) is 41.3 Å². The van der Waals surface area contributed by atoms with Gasteiger partial charge in [0.05, 0.1) is 34.4 Å². The van der Waals surface area contributed by atoms with Crippen LogP contribution in [0.3, 0.4) is 0 Å². The van der Waals surface area contributed by atoms with Gasteiger partial charge in [0.15, 0.2) is 0 Å². The topological polar surface area (TPSA) is 118 Å². The first-order valence-electron chi connectivity index (χ1n) is 15.1. The molecule has 1 aromatic heterocycles. The molecule has 49 heavy (non-hydrogen) atoms. The largest absolute Gasteiger partial charge is 0.462 e. The maximum atomic E-state index is 14.2. The molecule has 3 atom stereocenters. The van der Waals surface area contributed by atoms with Gasteiger partial charge in [0.25, 0.3) is 0 Å². The predicted octanol–water partition coefficient (Wildman–Crippen LogP) is 5.61. The maximum Gasteiger partial charge on any atom is 0.416 e. The Balaban J connectivity index is 1.36. The standard InChI is InChI=1S/C34H29F3N4O6S2/c1-4-47-32(45)19-10-14-23(15-11-19)41-29(43)26-25(18-8-12-22(13-9-18)39(2)3)28-31(48-27(26)30(41)44)40(33(46)49-28)17-24(42)38-21-7-5-6-20(16-21)34(35,36)37/h5-16,25-27H,4,17H2,1-3H3,(H,38,42)/t25-,26-,27+/m0/s1. The third-order valence-electron chi connectivity index (χ3n) is 8.23. The van der Waals surface area contributed by atoms with Crippen LogP contribution < -0.4 is 20.0 Å². The Morgan fingerprint density at radius 2 is 1.65 bits per heavy atom. The van der Waals surface area contributed by atoms with Crippen molar-refractivity contribution in [3.05, 3.63) is 104 Å². The molecule has 2 aliphatic heterocycles. The van der Waals surface area contributed by atoms with Gasteiger partial charge in [0.1, 0.15) is 11.8 Å². The molecule has 0 radical (unpaired) electrons. The normalized spacial score (nSPS) is 18.6. The van der Waals surface area contributed by atoms with Crippen LogP contribution in [0.25, 0.3) is 0 Å². The van der Waals surface area contributed by atoms with Crippen LogP contribution in [0, 0.1) is 5.92 Å². The predicted molar refractivity (Wildman–Crippen MR) is 179 cm³/mol. The fourth-order valence-corrected chi connectivity index (χ4v) is 8.70. The number of ether oxygens (including phenoxy) is 1. The molecule has 2 aliphatic rings. The summed E-state index contributed by atoms with van der Waals surface area (Å²) in [6.07, 6.45) is -4.61. The molecule has 0 aliphatic carbocycles. The van der Waals surface area contributed by atoms with Crippen LogP contribution in [0.15, 0.2) is 82.6 Å². The molecule has 1 fully saturated rings. The molecule has 0 unspecified atom stereocenters. The molecule has 0 bridgehead atoms. The second-order valence-corrected chi connectivity index (χ2v) is 13.7. The van der Waals surface area contributed by atoms with Gasteiger partial charge in [-0.15, -0.1) is 0 Å².